The maximum Gasteiger partial charge on any atom is 0.348 e. The summed E-state index contributed by atoms with van der Waals surface area (Å²) in [4.78, 5) is 12.7. The number of rotatable bonds is 8. The zero-order chi connectivity index (χ0) is 19.8. The number of ether oxygens (including phenoxy) is 1. The van der Waals surface area contributed by atoms with Crippen molar-refractivity contribution in [3.05, 3.63) is 58.7 Å². The molecule has 0 aliphatic rings. The van der Waals surface area contributed by atoms with E-state index in [1.807, 2.05) is 26.0 Å². The van der Waals surface area contributed by atoms with Crippen molar-refractivity contribution < 1.29 is 13.9 Å². The minimum absolute atomic E-state index is 0.0392. The number of esters is 1. The summed E-state index contributed by atoms with van der Waals surface area (Å²) in [5.41, 5.74) is 2.91. The van der Waals surface area contributed by atoms with Crippen LogP contribution < -0.4 is 0 Å². The van der Waals surface area contributed by atoms with Gasteiger partial charge in [0.25, 0.3) is 0 Å². The molecular formula is C21H23FN2O2S. The van der Waals surface area contributed by atoms with E-state index in [9.17, 15) is 14.4 Å². The van der Waals surface area contributed by atoms with E-state index in [4.69, 9.17) is 4.74 Å². The third-order valence-corrected chi connectivity index (χ3v) is 5.12. The predicted octanol–water partition coefficient (Wildman–Crippen LogP) is 4.90. The average Bonchev–Trinajstić information content (AvgIpc) is 2.92. The Morgan fingerprint density at radius 3 is 2.78 bits per heavy atom. The highest BCUT2D eigenvalue weighted by atomic mass is 32.2. The Kier molecular flexibility index (Phi) is 7.68. The fraction of sp³-hybridized carbons (Fsp3) is 0.333. The van der Waals surface area contributed by atoms with Gasteiger partial charge in [-0.05, 0) is 50.1 Å². The molecule has 0 atom stereocenters. The first kappa shape index (κ1) is 20.8. The summed E-state index contributed by atoms with van der Waals surface area (Å²) < 4.78 is 20.9. The predicted molar refractivity (Wildman–Crippen MR) is 106 cm³/mol. The van der Waals surface area contributed by atoms with Gasteiger partial charge in [0.05, 0.1) is 0 Å². The van der Waals surface area contributed by atoms with Crippen molar-refractivity contribution in [3.63, 3.8) is 0 Å². The highest BCUT2D eigenvalue weighted by molar-refractivity contribution is 7.99. The lowest BCUT2D eigenvalue weighted by Crippen LogP contribution is -2.09. The Morgan fingerprint density at radius 1 is 1.37 bits per heavy atom. The van der Waals surface area contributed by atoms with Gasteiger partial charge < -0.3 is 9.30 Å². The molecule has 142 valence electrons. The molecule has 27 heavy (non-hydrogen) atoms. The van der Waals surface area contributed by atoms with Gasteiger partial charge in [0.15, 0.2) is 0 Å². The van der Waals surface area contributed by atoms with E-state index >= 15 is 0 Å². The standard InChI is InChI=1S/C21H23FN2O2S/c1-4-9-24-15(2)12-17(16(24)3)13-18(14-23)21(25)26-10-11-27-20-8-6-5-7-19(20)22/h5-8,12-13H,4,9-11H2,1-3H3/b18-13+. The number of thioether (sulfide) groups is 1. The van der Waals surface area contributed by atoms with E-state index in [1.54, 1.807) is 24.3 Å². The van der Waals surface area contributed by atoms with Gasteiger partial charge >= 0.3 is 5.97 Å². The van der Waals surface area contributed by atoms with Crippen LogP contribution in [0.3, 0.4) is 0 Å². The Bertz CT molecular complexity index is 881. The molecule has 1 aromatic carbocycles. The van der Waals surface area contributed by atoms with E-state index in [-0.39, 0.29) is 18.0 Å². The third kappa shape index (κ3) is 5.48. The van der Waals surface area contributed by atoms with Crippen molar-refractivity contribution in [2.45, 2.75) is 38.6 Å². The van der Waals surface area contributed by atoms with Crippen molar-refractivity contribution in [2.24, 2.45) is 0 Å². The molecule has 0 radical (unpaired) electrons. The van der Waals surface area contributed by atoms with Crippen LogP contribution in [0.5, 0.6) is 0 Å². The van der Waals surface area contributed by atoms with Gasteiger partial charge in [-0.25, -0.2) is 9.18 Å². The van der Waals surface area contributed by atoms with Crippen LogP contribution in [-0.4, -0.2) is 22.9 Å². The summed E-state index contributed by atoms with van der Waals surface area (Å²) in [6.07, 6.45) is 2.58. The Labute approximate surface area is 163 Å². The zero-order valence-electron chi connectivity index (χ0n) is 15.8. The van der Waals surface area contributed by atoms with Crippen LogP contribution in [0.25, 0.3) is 6.08 Å². The van der Waals surface area contributed by atoms with Crippen molar-refractivity contribution in [1.29, 1.82) is 5.26 Å². The molecule has 0 spiro atoms. The Morgan fingerprint density at radius 2 is 2.11 bits per heavy atom. The van der Waals surface area contributed by atoms with Crippen molar-refractivity contribution in [3.8, 4) is 6.07 Å². The quantitative estimate of drug-likeness (QED) is 0.213. The van der Waals surface area contributed by atoms with Gasteiger partial charge in [-0.3, -0.25) is 0 Å². The van der Waals surface area contributed by atoms with E-state index in [2.05, 4.69) is 11.5 Å². The number of benzene rings is 1. The fourth-order valence-corrected chi connectivity index (χ4v) is 3.53. The first-order valence-corrected chi connectivity index (χ1v) is 9.79. The number of hydrogen-bond donors (Lipinski definition) is 0. The van der Waals surface area contributed by atoms with Crippen LogP contribution in [0.15, 0.2) is 40.8 Å². The van der Waals surface area contributed by atoms with Crippen LogP contribution >= 0.6 is 11.8 Å². The average molecular weight is 386 g/mol. The van der Waals surface area contributed by atoms with E-state index in [0.29, 0.717) is 10.6 Å². The van der Waals surface area contributed by atoms with Crippen LogP contribution in [0.2, 0.25) is 0 Å². The molecular weight excluding hydrogens is 363 g/mol. The van der Waals surface area contributed by atoms with Crippen molar-refractivity contribution in [2.75, 3.05) is 12.4 Å². The van der Waals surface area contributed by atoms with Gasteiger partial charge in [0, 0.05) is 28.6 Å². The number of aromatic nitrogens is 1. The normalized spacial score (nSPS) is 11.3. The summed E-state index contributed by atoms with van der Waals surface area (Å²) in [7, 11) is 0. The van der Waals surface area contributed by atoms with Crippen LogP contribution in [-0.2, 0) is 16.1 Å². The molecule has 0 saturated carbocycles. The maximum absolute atomic E-state index is 13.5. The monoisotopic (exact) mass is 386 g/mol. The molecule has 0 fully saturated rings. The number of halogens is 1. The molecule has 2 aromatic rings. The second kappa shape index (κ2) is 9.98. The second-order valence-corrected chi connectivity index (χ2v) is 7.20. The summed E-state index contributed by atoms with van der Waals surface area (Å²) in [5.74, 6) is -0.545. The largest absolute Gasteiger partial charge is 0.461 e. The van der Waals surface area contributed by atoms with Crippen LogP contribution in [0.4, 0.5) is 4.39 Å². The van der Waals surface area contributed by atoms with Gasteiger partial charge in [0.2, 0.25) is 0 Å². The van der Waals surface area contributed by atoms with E-state index in [1.165, 1.54) is 17.8 Å². The lowest BCUT2D eigenvalue weighted by atomic mass is 10.1. The number of aryl methyl sites for hydroxylation is 1. The molecule has 0 unspecified atom stereocenters. The maximum atomic E-state index is 13.5. The van der Waals surface area contributed by atoms with E-state index in [0.717, 1.165) is 29.9 Å². The topological polar surface area (TPSA) is 55.0 Å². The summed E-state index contributed by atoms with van der Waals surface area (Å²) in [6, 6.07) is 10.3. The SMILES string of the molecule is CCCn1c(C)cc(/C=C(\C#N)C(=O)OCCSc2ccccc2F)c1C. The molecule has 0 aliphatic heterocycles. The van der Waals surface area contributed by atoms with Gasteiger partial charge in [-0.2, -0.15) is 5.26 Å². The first-order valence-electron chi connectivity index (χ1n) is 8.80. The highest BCUT2D eigenvalue weighted by Gasteiger charge is 2.14. The van der Waals surface area contributed by atoms with Crippen LogP contribution in [0.1, 0.15) is 30.3 Å². The molecule has 0 bridgehead atoms. The lowest BCUT2D eigenvalue weighted by molar-refractivity contribution is -0.137. The van der Waals surface area contributed by atoms with Gasteiger partial charge in [-0.15, -0.1) is 11.8 Å². The molecule has 0 saturated heterocycles. The van der Waals surface area contributed by atoms with Gasteiger partial charge in [-0.1, -0.05) is 19.1 Å². The Hall–Kier alpha value is -2.52. The minimum atomic E-state index is -0.660. The number of carbonyl (C=O) groups is 1. The summed E-state index contributed by atoms with van der Waals surface area (Å²) in [6.45, 7) is 7.08. The first-order chi connectivity index (χ1) is 13.0. The molecule has 0 aliphatic carbocycles. The molecule has 0 amide bonds. The Balaban J connectivity index is 1.98. The van der Waals surface area contributed by atoms with Crippen molar-refractivity contribution in [1.82, 2.24) is 4.57 Å². The fourth-order valence-electron chi connectivity index (χ4n) is 2.76. The minimum Gasteiger partial charge on any atom is -0.461 e. The summed E-state index contributed by atoms with van der Waals surface area (Å²) >= 11 is 1.27. The smallest absolute Gasteiger partial charge is 0.348 e. The van der Waals surface area contributed by atoms with Crippen LogP contribution in [0, 0.1) is 31.0 Å². The lowest BCUT2D eigenvalue weighted by Gasteiger charge is -2.07. The number of nitriles is 1. The molecule has 1 aromatic heterocycles. The number of nitrogens with zero attached hydrogens (tertiary/aromatic N) is 2. The van der Waals surface area contributed by atoms with Crippen molar-refractivity contribution >= 4 is 23.8 Å². The zero-order valence-corrected chi connectivity index (χ0v) is 16.6. The molecule has 6 heteroatoms. The third-order valence-electron chi connectivity index (χ3n) is 4.11. The molecule has 1 heterocycles. The number of hydrogen-bond acceptors (Lipinski definition) is 4. The molecule has 0 N–H and O–H groups in total. The van der Waals surface area contributed by atoms with Gasteiger partial charge in [0.1, 0.15) is 24.1 Å². The molecule has 2 rings (SSSR count). The summed E-state index contributed by atoms with van der Waals surface area (Å²) in [5, 5.41) is 9.32. The molecule has 4 nitrogen and oxygen atoms in total. The number of carbonyl (C=O) groups excluding carboxylic acids is 1. The van der Waals surface area contributed by atoms with E-state index < -0.39 is 5.97 Å². The highest BCUT2D eigenvalue weighted by Crippen LogP contribution is 2.21. The second-order valence-electron chi connectivity index (χ2n) is 6.06.